The summed E-state index contributed by atoms with van der Waals surface area (Å²) < 4.78 is 26.1. The topological polar surface area (TPSA) is 101 Å². The Kier molecular flexibility index (Phi) is 3.15. The summed E-state index contributed by atoms with van der Waals surface area (Å²) in [5, 5.41) is 9.33. The number of thioether (sulfide) groups is 1. The number of nitrogens with zero attached hydrogens (tertiary/aromatic N) is 1. The average Bonchev–Trinajstić information content (AvgIpc) is 2.38. The second-order valence-electron chi connectivity index (χ2n) is 5.18. The first-order chi connectivity index (χ1) is 8.51. The van der Waals surface area contributed by atoms with Gasteiger partial charge in [0.25, 0.3) is 10.1 Å². The van der Waals surface area contributed by atoms with E-state index in [-0.39, 0.29) is 17.7 Å². The van der Waals surface area contributed by atoms with Crippen molar-refractivity contribution >= 4 is 33.8 Å². The molecule has 0 radical (unpaired) electrons. The summed E-state index contributed by atoms with van der Waals surface area (Å²) in [6, 6.07) is 0. The van der Waals surface area contributed by atoms with Gasteiger partial charge in [0.05, 0.1) is 18.1 Å². The van der Waals surface area contributed by atoms with Gasteiger partial charge in [-0.1, -0.05) is 0 Å². The molecule has 1 N–H and O–H groups in total. The maximum absolute atomic E-state index is 11.7. The average molecular weight is 309 g/mol. The molecule has 0 aromatic rings. The molecule has 7 nitrogen and oxygen atoms in total. The number of carboxylic acids is 1. The Morgan fingerprint density at radius 2 is 2.16 bits per heavy atom. The molecule has 2 heterocycles. The molecule has 0 aromatic heterocycles. The summed E-state index contributed by atoms with van der Waals surface area (Å²) in [4.78, 5) is 24.6. The van der Waals surface area contributed by atoms with Crippen LogP contribution < -0.4 is 0 Å². The first kappa shape index (κ1) is 14.6. The molecule has 2 fully saturated rings. The van der Waals surface area contributed by atoms with Gasteiger partial charge in [-0.2, -0.15) is 8.42 Å². The minimum atomic E-state index is -3.78. The zero-order chi connectivity index (χ0) is 14.6. The van der Waals surface area contributed by atoms with Gasteiger partial charge in [-0.3, -0.25) is 8.98 Å². The highest BCUT2D eigenvalue weighted by Gasteiger charge is 2.69. The molecule has 0 aliphatic carbocycles. The van der Waals surface area contributed by atoms with Crippen molar-refractivity contribution in [3.05, 3.63) is 0 Å². The Bertz CT molecular complexity index is 542. The molecule has 2 aliphatic rings. The Labute approximate surface area is 115 Å². The van der Waals surface area contributed by atoms with E-state index in [0.29, 0.717) is 0 Å². The van der Waals surface area contributed by atoms with E-state index in [1.165, 1.54) is 16.7 Å². The maximum Gasteiger partial charge on any atom is 0.333 e. The molecule has 0 bridgehead atoms. The monoisotopic (exact) mass is 309 g/mol. The minimum absolute atomic E-state index is 0.221. The Hall–Kier alpha value is -0.800. The predicted molar refractivity (Wildman–Crippen MR) is 68.1 cm³/mol. The van der Waals surface area contributed by atoms with Gasteiger partial charge >= 0.3 is 5.97 Å². The van der Waals surface area contributed by atoms with Crippen LogP contribution in [0.2, 0.25) is 0 Å². The normalized spacial score (nSPS) is 32.9. The SMILES string of the molecule is CC1(C)S[C@@H]2CC(=O)N2[C@@]1(COS(C)(=O)=O)C(=O)O. The quantitative estimate of drug-likeness (QED) is 0.570. The molecule has 9 heteroatoms. The number of carboxylic acid groups (broad SMARTS) is 1. The molecule has 0 unspecified atom stereocenters. The van der Waals surface area contributed by atoms with Crippen molar-refractivity contribution in [1.29, 1.82) is 0 Å². The number of aliphatic carboxylic acids is 1. The standard InChI is InChI=1S/C10H15NO6S2/c1-9(2)10(8(13)14,5-17-19(3,15)16)11-6(12)4-7(11)18-9/h7H,4-5H2,1-3H3,(H,13,14)/t7-,10+/m1/s1. The molecule has 0 saturated carbocycles. The van der Waals surface area contributed by atoms with Crippen LogP contribution in [-0.4, -0.2) is 58.8 Å². The molecule has 19 heavy (non-hydrogen) atoms. The van der Waals surface area contributed by atoms with Gasteiger partial charge in [-0.15, -0.1) is 11.8 Å². The summed E-state index contributed by atoms with van der Waals surface area (Å²) in [6.45, 7) is 2.80. The number of carbonyl (C=O) groups is 2. The summed E-state index contributed by atoms with van der Waals surface area (Å²) in [6.07, 6.45) is 1.13. The first-order valence-corrected chi connectivity index (χ1v) is 8.29. The van der Waals surface area contributed by atoms with Gasteiger partial charge in [0.1, 0.15) is 6.61 Å². The summed E-state index contributed by atoms with van der Waals surface area (Å²) >= 11 is 1.36. The lowest BCUT2D eigenvalue weighted by molar-refractivity contribution is -0.170. The van der Waals surface area contributed by atoms with E-state index in [1.54, 1.807) is 13.8 Å². The largest absolute Gasteiger partial charge is 0.479 e. The number of amides is 1. The highest BCUT2D eigenvalue weighted by Crippen LogP contribution is 2.56. The van der Waals surface area contributed by atoms with Crippen LogP contribution in [0.5, 0.6) is 0 Å². The van der Waals surface area contributed by atoms with E-state index < -0.39 is 33.0 Å². The van der Waals surface area contributed by atoms with Crippen LogP contribution in [0, 0.1) is 0 Å². The van der Waals surface area contributed by atoms with Crippen molar-refractivity contribution in [2.45, 2.75) is 35.9 Å². The van der Waals surface area contributed by atoms with Crippen LogP contribution in [0.25, 0.3) is 0 Å². The third kappa shape index (κ3) is 2.03. The molecule has 2 saturated heterocycles. The van der Waals surface area contributed by atoms with Crippen LogP contribution in [0.4, 0.5) is 0 Å². The second kappa shape index (κ2) is 4.10. The minimum Gasteiger partial charge on any atom is -0.479 e. The van der Waals surface area contributed by atoms with Crippen LogP contribution in [0.1, 0.15) is 20.3 Å². The maximum atomic E-state index is 11.7. The second-order valence-corrected chi connectivity index (χ2v) is 8.63. The number of carbonyl (C=O) groups excluding carboxylic acids is 1. The summed E-state index contributed by atoms with van der Waals surface area (Å²) in [7, 11) is -3.78. The predicted octanol–water partition coefficient (Wildman–Crippen LogP) is -0.130. The van der Waals surface area contributed by atoms with E-state index in [1.807, 2.05) is 0 Å². The van der Waals surface area contributed by atoms with E-state index in [0.717, 1.165) is 6.26 Å². The van der Waals surface area contributed by atoms with Gasteiger partial charge < -0.3 is 10.0 Å². The molecule has 2 atom stereocenters. The lowest BCUT2D eigenvalue weighted by atomic mass is 9.82. The van der Waals surface area contributed by atoms with Gasteiger partial charge in [0.2, 0.25) is 5.91 Å². The molecule has 0 aromatic carbocycles. The van der Waals surface area contributed by atoms with Gasteiger partial charge in [-0.05, 0) is 13.8 Å². The van der Waals surface area contributed by atoms with Crippen molar-refractivity contribution in [2.75, 3.05) is 12.9 Å². The molecule has 108 valence electrons. The highest BCUT2D eigenvalue weighted by atomic mass is 32.2. The molecule has 1 amide bonds. The van der Waals surface area contributed by atoms with E-state index >= 15 is 0 Å². The van der Waals surface area contributed by atoms with Crippen LogP contribution >= 0.6 is 11.8 Å². The van der Waals surface area contributed by atoms with Crippen LogP contribution in [-0.2, 0) is 23.9 Å². The number of hydrogen-bond acceptors (Lipinski definition) is 6. The molecule has 2 rings (SSSR count). The van der Waals surface area contributed by atoms with Crippen molar-refractivity contribution in [3.63, 3.8) is 0 Å². The third-order valence-electron chi connectivity index (χ3n) is 3.58. The van der Waals surface area contributed by atoms with Crippen molar-refractivity contribution in [3.8, 4) is 0 Å². The van der Waals surface area contributed by atoms with Gasteiger partial charge in [0.15, 0.2) is 5.54 Å². The zero-order valence-electron chi connectivity index (χ0n) is 10.7. The Morgan fingerprint density at radius 1 is 1.58 bits per heavy atom. The number of β-lactam (4-membered cyclic amide) rings is 1. The van der Waals surface area contributed by atoms with E-state index in [4.69, 9.17) is 4.18 Å². The summed E-state index contributed by atoms with van der Waals surface area (Å²) in [5.41, 5.74) is -1.65. The van der Waals surface area contributed by atoms with Crippen molar-refractivity contribution < 1.29 is 27.3 Å². The fourth-order valence-electron chi connectivity index (χ4n) is 2.53. The lowest BCUT2D eigenvalue weighted by Gasteiger charge is -2.45. The zero-order valence-corrected chi connectivity index (χ0v) is 12.4. The van der Waals surface area contributed by atoms with E-state index in [9.17, 15) is 23.1 Å². The number of fused-ring (bicyclic) bond motifs is 1. The number of hydrogen-bond donors (Lipinski definition) is 1. The summed E-state index contributed by atoms with van der Waals surface area (Å²) in [5.74, 6) is -1.54. The van der Waals surface area contributed by atoms with E-state index in [2.05, 4.69) is 0 Å². The fourth-order valence-corrected chi connectivity index (χ4v) is 4.66. The molecular formula is C10H15NO6S2. The van der Waals surface area contributed by atoms with Gasteiger partial charge in [-0.25, -0.2) is 4.79 Å². The number of rotatable bonds is 4. The first-order valence-electron chi connectivity index (χ1n) is 5.59. The molecular weight excluding hydrogens is 294 g/mol. The Morgan fingerprint density at radius 3 is 2.58 bits per heavy atom. The fraction of sp³-hybridized carbons (Fsp3) is 0.800. The van der Waals surface area contributed by atoms with Crippen molar-refractivity contribution in [1.82, 2.24) is 4.90 Å². The van der Waals surface area contributed by atoms with Gasteiger partial charge in [0, 0.05) is 4.75 Å². The molecule has 2 aliphatic heterocycles. The lowest BCUT2D eigenvalue weighted by Crippen LogP contribution is -2.69. The van der Waals surface area contributed by atoms with Crippen LogP contribution in [0.15, 0.2) is 0 Å². The third-order valence-corrected chi connectivity index (χ3v) is 5.70. The smallest absolute Gasteiger partial charge is 0.333 e. The van der Waals surface area contributed by atoms with Crippen molar-refractivity contribution in [2.24, 2.45) is 0 Å². The highest BCUT2D eigenvalue weighted by molar-refractivity contribution is 8.01. The van der Waals surface area contributed by atoms with Crippen LogP contribution in [0.3, 0.4) is 0 Å². The Balaban J connectivity index is 2.42. The molecule has 0 spiro atoms.